The molecule has 1 aliphatic rings. The van der Waals surface area contributed by atoms with Crippen LogP contribution >= 0.6 is 0 Å². The number of carboxylic acid groups (broad SMARTS) is 1. The van der Waals surface area contributed by atoms with Crippen molar-refractivity contribution in [3.63, 3.8) is 0 Å². The highest BCUT2D eigenvalue weighted by molar-refractivity contribution is 5.87. The van der Waals surface area contributed by atoms with Crippen LogP contribution in [0, 0.1) is 11.8 Å². The van der Waals surface area contributed by atoms with Crippen LogP contribution in [0.2, 0.25) is 0 Å². The number of carbonyl (C=O) groups excluding carboxylic acids is 2. The van der Waals surface area contributed by atoms with Gasteiger partial charge in [0.2, 0.25) is 5.91 Å². The van der Waals surface area contributed by atoms with Crippen LogP contribution in [0.15, 0.2) is 0 Å². The number of likely N-dealkylation sites (tertiary alicyclic amines) is 1. The van der Waals surface area contributed by atoms with E-state index in [1.54, 1.807) is 13.8 Å². The molecule has 1 rings (SSSR count). The first-order chi connectivity index (χ1) is 9.38. The molecule has 0 radical (unpaired) electrons. The van der Waals surface area contributed by atoms with E-state index >= 15 is 0 Å². The summed E-state index contributed by atoms with van der Waals surface area (Å²) in [5.74, 6) is -1.80. The zero-order valence-corrected chi connectivity index (χ0v) is 12.2. The maximum absolute atomic E-state index is 12.1. The van der Waals surface area contributed by atoms with Crippen molar-refractivity contribution in [3.05, 3.63) is 0 Å². The molecule has 0 saturated carbocycles. The molecule has 1 fully saturated rings. The SMILES string of the molecule is CNC(=O)C1CCCN1C(=O)NCC(C(=O)O)C(C)C. The first kappa shape index (κ1) is 16.3. The van der Waals surface area contributed by atoms with Gasteiger partial charge >= 0.3 is 12.0 Å². The van der Waals surface area contributed by atoms with Gasteiger partial charge in [0.1, 0.15) is 6.04 Å². The molecule has 2 atom stereocenters. The van der Waals surface area contributed by atoms with Crippen LogP contribution in [0.5, 0.6) is 0 Å². The predicted molar refractivity (Wildman–Crippen MR) is 73.2 cm³/mol. The van der Waals surface area contributed by atoms with Gasteiger partial charge in [-0.2, -0.15) is 0 Å². The number of rotatable bonds is 5. The first-order valence-corrected chi connectivity index (χ1v) is 6.87. The molecule has 20 heavy (non-hydrogen) atoms. The van der Waals surface area contributed by atoms with Gasteiger partial charge in [-0.05, 0) is 18.8 Å². The van der Waals surface area contributed by atoms with E-state index in [-0.39, 0.29) is 24.4 Å². The fourth-order valence-electron chi connectivity index (χ4n) is 2.36. The Labute approximate surface area is 118 Å². The Kier molecular flexibility index (Phi) is 5.79. The second-order valence-electron chi connectivity index (χ2n) is 5.34. The van der Waals surface area contributed by atoms with Crippen LogP contribution in [0.3, 0.4) is 0 Å². The zero-order chi connectivity index (χ0) is 15.3. The summed E-state index contributed by atoms with van der Waals surface area (Å²) in [6, 6.07) is -0.828. The number of likely N-dealkylation sites (N-methyl/N-ethyl adjacent to an activating group) is 1. The third-order valence-electron chi connectivity index (χ3n) is 3.66. The van der Waals surface area contributed by atoms with E-state index in [2.05, 4.69) is 10.6 Å². The Morgan fingerprint density at radius 1 is 1.35 bits per heavy atom. The number of carbonyl (C=O) groups is 3. The molecule has 0 bridgehead atoms. The number of aliphatic carboxylic acids is 1. The lowest BCUT2D eigenvalue weighted by molar-refractivity contribution is -0.143. The molecule has 0 aromatic carbocycles. The molecule has 114 valence electrons. The lowest BCUT2D eigenvalue weighted by Crippen LogP contribution is -2.50. The van der Waals surface area contributed by atoms with Crippen LogP contribution in [0.1, 0.15) is 26.7 Å². The fraction of sp³-hybridized carbons (Fsp3) is 0.769. The highest BCUT2D eigenvalue weighted by atomic mass is 16.4. The summed E-state index contributed by atoms with van der Waals surface area (Å²) in [6.07, 6.45) is 1.41. The van der Waals surface area contributed by atoms with E-state index in [4.69, 9.17) is 5.11 Å². The summed E-state index contributed by atoms with van der Waals surface area (Å²) in [5, 5.41) is 14.2. The van der Waals surface area contributed by atoms with Crippen molar-refractivity contribution in [1.29, 1.82) is 0 Å². The molecule has 7 heteroatoms. The van der Waals surface area contributed by atoms with Crippen LogP contribution in [0.25, 0.3) is 0 Å². The zero-order valence-electron chi connectivity index (χ0n) is 12.2. The van der Waals surface area contributed by atoms with E-state index in [0.29, 0.717) is 13.0 Å². The lowest BCUT2D eigenvalue weighted by atomic mass is 9.96. The predicted octanol–water partition coefficient (Wildman–Crippen LogP) is 0.263. The van der Waals surface area contributed by atoms with Gasteiger partial charge in [0.25, 0.3) is 0 Å². The van der Waals surface area contributed by atoms with Gasteiger partial charge in [-0.1, -0.05) is 13.8 Å². The van der Waals surface area contributed by atoms with Crippen LogP contribution < -0.4 is 10.6 Å². The first-order valence-electron chi connectivity index (χ1n) is 6.87. The summed E-state index contributed by atoms with van der Waals surface area (Å²) in [6.45, 7) is 4.19. The largest absolute Gasteiger partial charge is 0.481 e. The van der Waals surface area contributed by atoms with Gasteiger partial charge < -0.3 is 20.6 Å². The molecule has 3 N–H and O–H groups in total. The van der Waals surface area contributed by atoms with E-state index in [0.717, 1.165) is 6.42 Å². The Balaban J connectivity index is 2.57. The molecular weight excluding hydrogens is 262 g/mol. The van der Waals surface area contributed by atoms with Crippen molar-refractivity contribution in [1.82, 2.24) is 15.5 Å². The number of hydrogen-bond acceptors (Lipinski definition) is 3. The summed E-state index contributed by atoms with van der Waals surface area (Å²) in [5.41, 5.74) is 0. The van der Waals surface area contributed by atoms with Crippen molar-refractivity contribution >= 4 is 17.9 Å². The third kappa shape index (κ3) is 3.85. The Bertz CT molecular complexity index is 384. The molecule has 0 aliphatic carbocycles. The third-order valence-corrected chi connectivity index (χ3v) is 3.66. The smallest absolute Gasteiger partial charge is 0.318 e. The molecule has 1 aliphatic heterocycles. The van der Waals surface area contributed by atoms with Crippen molar-refractivity contribution in [2.24, 2.45) is 11.8 Å². The minimum atomic E-state index is -0.926. The minimum absolute atomic E-state index is 0.0684. The highest BCUT2D eigenvalue weighted by Gasteiger charge is 2.34. The minimum Gasteiger partial charge on any atom is -0.481 e. The van der Waals surface area contributed by atoms with Gasteiger partial charge in [0.15, 0.2) is 0 Å². The second kappa shape index (κ2) is 7.12. The van der Waals surface area contributed by atoms with Gasteiger partial charge in [0, 0.05) is 20.1 Å². The second-order valence-corrected chi connectivity index (χ2v) is 5.34. The normalized spacial score (nSPS) is 19.8. The summed E-state index contributed by atoms with van der Waals surface area (Å²) in [4.78, 5) is 36.3. The van der Waals surface area contributed by atoms with E-state index in [9.17, 15) is 14.4 Å². The van der Waals surface area contributed by atoms with E-state index < -0.39 is 17.9 Å². The Morgan fingerprint density at radius 3 is 2.50 bits per heavy atom. The number of urea groups is 1. The molecule has 0 aromatic heterocycles. The summed E-state index contributed by atoms with van der Waals surface area (Å²) >= 11 is 0. The van der Waals surface area contributed by atoms with Gasteiger partial charge in [-0.3, -0.25) is 9.59 Å². The molecule has 3 amide bonds. The lowest BCUT2D eigenvalue weighted by Gasteiger charge is -2.25. The van der Waals surface area contributed by atoms with Crippen molar-refractivity contribution in [2.75, 3.05) is 20.1 Å². The van der Waals surface area contributed by atoms with Crippen molar-refractivity contribution < 1.29 is 19.5 Å². The monoisotopic (exact) mass is 285 g/mol. The molecule has 0 spiro atoms. The van der Waals surface area contributed by atoms with E-state index in [1.807, 2.05) is 0 Å². The van der Waals surface area contributed by atoms with Crippen LogP contribution in [-0.2, 0) is 9.59 Å². The van der Waals surface area contributed by atoms with Crippen LogP contribution in [0.4, 0.5) is 4.79 Å². The molecule has 1 saturated heterocycles. The highest BCUT2D eigenvalue weighted by Crippen LogP contribution is 2.17. The topological polar surface area (TPSA) is 98.7 Å². The number of amides is 3. The average Bonchev–Trinajstić information content (AvgIpc) is 2.86. The number of hydrogen-bond donors (Lipinski definition) is 3. The molecule has 0 aromatic rings. The Morgan fingerprint density at radius 2 is 2.00 bits per heavy atom. The number of nitrogens with zero attached hydrogens (tertiary/aromatic N) is 1. The quantitative estimate of drug-likeness (QED) is 0.675. The molecular formula is C13H23N3O4. The van der Waals surface area contributed by atoms with Crippen molar-refractivity contribution in [3.8, 4) is 0 Å². The number of carboxylic acids is 1. The van der Waals surface area contributed by atoms with Crippen LogP contribution in [-0.4, -0.2) is 54.1 Å². The average molecular weight is 285 g/mol. The molecule has 1 heterocycles. The number of nitrogens with one attached hydrogen (secondary N) is 2. The maximum Gasteiger partial charge on any atom is 0.318 e. The fourth-order valence-corrected chi connectivity index (χ4v) is 2.36. The standard InChI is InChI=1S/C13H23N3O4/c1-8(2)9(12(18)19)7-15-13(20)16-6-4-5-10(16)11(17)14-3/h8-10H,4-7H2,1-3H3,(H,14,17)(H,15,20)(H,18,19). The maximum atomic E-state index is 12.1. The molecule has 7 nitrogen and oxygen atoms in total. The van der Waals surface area contributed by atoms with Gasteiger partial charge in [-0.15, -0.1) is 0 Å². The Hall–Kier alpha value is -1.79. The summed E-state index contributed by atoms with van der Waals surface area (Å²) in [7, 11) is 1.54. The van der Waals surface area contributed by atoms with Gasteiger partial charge in [-0.25, -0.2) is 4.79 Å². The van der Waals surface area contributed by atoms with E-state index in [1.165, 1.54) is 11.9 Å². The van der Waals surface area contributed by atoms with Crippen molar-refractivity contribution in [2.45, 2.75) is 32.7 Å². The summed E-state index contributed by atoms with van der Waals surface area (Å²) < 4.78 is 0. The molecule has 2 unspecified atom stereocenters. The van der Waals surface area contributed by atoms with Gasteiger partial charge in [0.05, 0.1) is 5.92 Å².